The molecule has 28 heavy (non-hydrogen) atoms. The molecule has 0 amide bonds. The lowest BCUT2D eigenvalue weighted by molar-refractivity contribution is -0.709. The van der Waals surface area contributed by atoms with Crippen LogP contribution in [0.2, 0.25) is 0 Å². The van der Waals surface area contributed by atoms with Gasteiger partial charge in [-0.25, -0.2) is 0 Å². The fraction of sp³-hybridized carbons (Fsp3) is 0.261. The second-order valence-corrected chi connectivity index (χ2v) is 8.06. The number of rotatable bonds is 4. The van der Waals surface area contributed by atoms with Crippen molar-refractivity contribution in [2.24, 2.45) is 0 Å². The number of hydrogen-bond donors (Lipinski definition) is 0. The number of anilines is 1. The topological polar surface area (TPSA) is 16.4 Å². The normalized spacial score (nSPS) is 14.4. The number of methoxy groups -OCH3 is 1. The Kier molecular flexibility index (Phi) is 6.68. The largest absolute Gasteiger partial charge is 1.00 e. The number of nitrogens with zero attached hydrogens (tertiary/aromatic N) is 2. The molecule has 0 atom stereocenters. The summed E-state index contributed by atoms with van der Waals surface area (Å²) in [5.74, 6) is 0. The highest BCUT2D eigenvalue weighted by atomic mass is 127. The molecule has 2 aromatic carbocycles. The van der Waals surface area contributed by atoms with Crippen molar-refractivity contribution in [2.45, 2.75) is 25.3 Å². The Morgan fingerprint density at radius 1 is 1.07 bits per heavy atom. The van der Waals surface area contributed by atoms with E-state index < -0.39 is 0 Å². The summed E-state index contributed by atoms with van der Waals surface area (Å²) >= 11 is 1.84. The van der Waals surface area contributed by atoms with Crippen LogP contribution >= 0.6 is 11.8 Å². The average molecular weight is 504 g/mol. The predicted octanol–water partition coefficient (Wildman–Crippen LogP) is 1.94. The van der Waals surface area contributed by atoms with Crippen LogP contribution in [0.5, 0.6) is 0 Å². The van der Waals surface area contributed by atoms with Gasteiger partial charge in [-0.2, -0.15) is 4.57 Å². The van der Waals surface area contributed by atoms with Gasteiger partial charge in [0.25, 0.3) is 0 Å². The Morgan fingerprint density at radius 2 is 1.79 bits per heavy atom. The third-order valence-electron chi connectivity index (χ3n) is 5.16. The monoisotopic (exact) mass is 504 g/mol. The Morgan fingerprint density at radius 3 is 2.50 bits per heavy atom. The highest BCUT2D eigenvalue weighted by Gasteiger charge is 2.24. The maximum absolute atomic E-state index is 5.24. The van der Waals surface area contributed by atoms with Crippen molar-refractivity contribution in [3.8, 4) is 0 Å². The molecule has 5 heteroatoms. The molecule has 0 radical (unpaired) electrons. The summed E-state index contributed by atoms with van der Waals surface area (Å²) in [7, 11) is 3.91. The van der Waals surface area contributed by atoms with Gasteiger partial charge in [0, 0.05) is 50.4 Å². The first-order chi connectivity index (χ1) is 13.1. The van der Waals surface area contributed by atoms with Gasteiger partial charge >= 0.3 is 0 Å². The van der Waals surface area contributed by atoms with E-state index in [4.69, 9.17) is 4.74 Å². The maximum Gasteiger partial charge on any atom is 0.179 e. The number of pyridine rings is 1. The van der Waals surface area contributed by atoms with Gasteiger partial charge in [-0.3, -0.25) is 0 Å². The minimum absolute atomic E-state index is 0. The number of thioether (sulfide) groups is 1. The van der Waals surface area contributed by atoms with Gasteiger partial charge in [-0.05, 0) is 23.1 Å². The molecule has 1 aromatic heterocycles. The zero-order valence-electron chi connectivity index (χ0n) is 16.7. The maximum atomic E-state index is 5.24. The van der Waals surface area contributed by atoms with Crippen LogP contribution in [0.15, 0.2) is 58.5 Å². The second-order valence-electron chi connectivity index (χ2n) is 6.99. The van der Waals surface area contributed by atoms with Crippen LogP contribution in [0.4, 0.5) is 5.69 Å². The Hall–Kier alpha value is -1.57. The summed E-state index contributed by atoms with van der Waals surface area (Å²) in [6, 6.07) is 17.6. The van der Waals surface area contributed by atoms with E-state index in [-0.39, 0.29) is 24.0 Å². The van der Waals surface area contributed by atoms with Crippen molar-refractivity contribution in [3.63, 3.8) is 0 Å². The molecule has 0 unspecified atom stereocenters. The van der Waals surface area contributed by atoms with Gasteiger partial charge in [0.15, 0.2) is 17.9 Å². The van der Waals surface area contributed by atoms with Crippen LogP contribution in [0.1, 0.15) is 17.0 Å². The second kappa shape index (κ2) is 8.84. The van der Waals surface area contributed by atoms with Crippen molar-refractivity contribution in [1.29, 1.82) is 0 Å². The molecule has 0 spiro atoms. The Balaban J connectivity index is 0.00000225. The molecule has 0 saturated heterocycles. The summed E-state index contributed by atoms with van der Waals surface area (Å²) in [5, 5.41) is 3.86. The lowest BCUT2D eigenvalue weighted by Gasteiger charge is -2.16. The molecule has 0 fully saturated rings. The molecule has 1 aliphatic rings. The number of hydrogen-bond acceptors (Lipinski definition) is 3. The van der Waals surface area contributed by atoms with Gasteiger partial charge in [0.2, 0.25) is 0 Å². The van der Waals surface area contributed by atoms with Gasteiger partial charge in [0.1, 0.15) is 6.61 Å². The van der Waals surface area contributed by atoms with E-state index in [1.165, 1.54) is 43.3 Å². The average Bonchev–Trinajstić information content (AvgIpc) is 2.97. The smallest absolute Gasteiger partial charge is 0.179 e. The lowest BCUT2D eigenvalue weighted by atomic mass is 10.1. The minimum Gasteiger partial charge on any atom is -1.00 e. The number of benzene rings is 2. The molecule has 0 N–H and O–H groups in total. The SMILES string of the molecule is COCC[n+]1c(C)cc(/C=C2\Sc3ccc4ccccc4c3N2C)cc1C.[I-]. The van der Waals surface area contributed by atoms with E-state index in [9.17, 15) is 0 Å². The molecular formula is C23H25IN2OS. The Labute approximate surface area is 188 Å². The quantitative estimate of drug-likeness (QED) is 0.399. The third-order valence-corrected chi connectivity index (χ3v) is 6.31. The van der Waals surface area contributed by atoms with Crippen LogP contribution in [-0.2, 0) is 11.3 Å². The molecule has 0 saturated carbocycles. The van der Waals surface area contributed by atoms with E-state index in [1.54, 1.807) is 7.11 Å². The molecule has 1 aliphatic heterocycles. The van der Waals surface area contributed by atoms with Crippen molar-refractivity contribution in [1.82, 2.24) is 0 Å². The first-order valence-electron chi connectivity index (χ1n) is 9.23. The van der Waals surface area contributed by atoms with E-state index >= 15 is 0 Å². The fourth-order valence-corrected chi connectivity index (χ4v) is 4.93. The summed E-state index contributed by atoms with van der Waals surface area (Å²) in [6.07, 6.45) is 2.29. The van der Waals surface area contributed by atoms with Crippen LogP contribution in [0.3, 0.4) is 0 Å². The molecule has 4 rings (SSSR count). The van der Waals surface area contributed by atoms with Crippen LogP contribution < -0.4 is 33.4 Å². The lowest BCUT2D eigenvalue weighted by Crippen LogP contribution is -3.00. The first-order valence-corrected chi connectivity index (χ1v) is 10.0. The van der Waals surface area contributed by atoms with E-state index in [2.05, 4.69) is 85.0 Å². The predicted molar refractivity (Wildman–Crippen MR) is 114 cm³/mol. The summed E-state index contributed by atoms with van der Waals surface area (Å²) in [4.78, 5) is 3.64. The van der Waals surface area contributed by atoms with Crippen molar-refractivity contribution in [2.75, 3.05) is 25.7 Å². The number of aromatic nitrogens is 1. The summed E-state index contributed by atoms with van der Waals surface area (Å²) < 4.78 is 7.54. The minimum atomic E-state index is 0. The Bertz CT molecular complexity index is 1020. The standard InChI is InChI=1S/C23H25N2OS.HI/c1-16-13-18(14-17(2)25(16)11-12-26-4)15-22-24(3)23-20-8-6-5-7-19(20)9-10-21(23)27-22;/h5-10,13-15H,11-12H2,1-4H3;1H/q+1;/p-1. The van der Waals surface area contributed by atoms with Crippen molar-refractivity contribution >= 4 is 34.3 Å². The molecule has 2 heterocycles. The zero-order chi connectivity index (χ0) is 19.0. The molecule has 3 nitrogen and oxygen atoms in total. The first kappa shape index (κ1) is 21.1. The number of aryl methyl sites for hydroxylation is 2. The zero-order valence-corrected chi connectivity index (χ0v) is 19.7. The highest BCUT2D eigenvalue weighted by molar-refractivity contribution is 8.04. The van der Waals surface area contributed by atoms with Gasteiger partial charge in [-0.15, -0.1) is 0 Å². The van der Waals surface area contributed by atoms with Crippen molar-refractivity contribution < 1.29 is 33.3 Å². The van der Waals surface area contributed by atoms with E-state index in [0.29, 0.717) is 0 Å². The molecule has 146 valence electrons. The molecule has 0 bridgehead atoms. The number of fused-ring (bicyclic) bond motifs is 3. The van der Waals surface area contributed by atoms with Crippen molar-refractivity contribution in [3.05, 3.63) is 70.5 Å². The van der Waals surface area contributed by atoms with Gasteiger partial charge < -0.3 is 33.6 Å². The third kappa shape index (κ3) is 3.93. The summed E-state index contributed by atoms with van der Waals surface area (Å²) in [6.45, 7) is 5.95. The van der Waals surface area contributed by atoms with Gasteiger partial charge in [-0.1, -0.05) is 42.1 Å². The van der Waals surface area contributed by atoms with Gasteiger partial charge in [0.05, 0.1) is 10.7 Å². The highest BCUT2D eigenvalue weighted by Crippen LogP contribution is 2.49. The summed E-state index contributed by atoms with van der Waals surface area (Å²) in [5.41, 5.74) is 5.06. The van der Waals surface area contributed by atoms with Crippen LogP contribution in [0.25, 0.3) is 16.8 Å². The number of halogens is 1. The van der Waals surface area contributed by atoms with E-state index in [0.717, 1.165) is 13.2 Å². The molecule has 0 aliphatic carbocycles. The molecular weight excluding hydrogens is 479 g/mol. The van der Waals surface area contributed by atoms with Crippen LogP contribution in [-0.4, -0.2) is 20.8 Å². The number of ether oxygens (including phenoxy) is 1. The fourth-order valence-electron chi connectivity index (χ4n) is 3.80. The van der Waals surface area contributed by atoms with Crippen LogP contribution in [0, 0.1) is 13.8 Å². The molecule has 3 aromatic rings. The van der Waals surface area contributed by atoms with E-state index in [1.807, 2.05) is 11.8 Å².